The lowest BCUT2D eigenvalue weighted by Crippen LogP contribution is -2.30. The summed E-state index contributed by atoms with van der Waals surface area (Å²) in [6, 6.07) is 7.68. The molecule has 0 bridgehead atoms. The monoisotopic (exact) mass is 420 g/mol. The number of fused-ring (bicyclic) bond motifs is 1. The molecule has 0 saturated carbocycles. The second-order valence-corrected chi connectivity index (χ2v) is 7.12. The van der Waals surface area contributed by atoms with Gasteiger partial charge in [0.1, 0.15) is 5.56 Å². The van der Waals surface area contributed by atoms with Gasteiger partial charge >= 0.3 is 6.18 Å². The van der Waals surface area contributed by atoms with E-state index in [1.54, 1.807) is 12.0 Å². The summed E-state index contributed by atoms with van der Waals surface area (Å²) in [6.07, 6.45) is -2.98. The van der Waals surface area contributed by atoms with Gasteiger partial charge in [-0.15, -0.1) is 0 Å². The van der Waals surface area contributed by atoms with Crippen molar-refractivity contribution in [1.29, 1.82) is 0 Å². The van der Waals surface area contributed by atoms with Crippen molar-refractivity contribution in [2.75, 3.05) is 0 Å². The van der Waals surface area contributed by atoms with Crippen molar-refractivity contribution < 1.29 is 18.0 Å². The van der Waals surface area contributed by atoms with Gasteiger partial charge in [-0.05, 0) is 30.4 Å². The van der Waals surface area contributed by atoms with Crippen LogP contribution in [-0.4, -0.2) is 31.2 Å². The average molecular weight is 420 g/mol. The molecule has 1 aromatic carbocycles. The Kier molecular flexibility index (Phi) is 5.72. The second kappa shape index (κ2) is 8.09. The van der Waals surface area contributed by atoms with Crippen LogP contribution in [0.15, 0.2) is 40.4 Å². The van der Waals surface area contributed by atoms with Crippen LogP contribution in [0.3, 0.4) is 0 Å². The molecule has 11 heteroatoms. The van der Waals surface area contributed by atoms with Gasteiger partial charge in [-0.1, -0.05) is 38.1 Å². The summed E-state index contributed by atoms with van der Waals surface area (Å²) in [5.41, 5.74) is 3.17. The molecule has 0 unspecified atom stereocenters. The Morgan fingerprint density at radius 3 is 2.53 bits per heavy atom. The summed E-state index contributed by atoms with van der Waals surface area (Å²) >= 11 is 0. The van der Waals surface area contributed by atoms with Gasteiger partial charge in [-0.2, -0.15) is 27.8 Å². The van der Waals surface area contributed by atoms with Gasteiger partial charge in [0, 0.05) is 6.20 Å². The number of H-pyrrole nitrogens is 1. The summed E-state index contributed by atoms with van der Waals surface area (Å²) < 4.78 is 38.7. The third kappa shape index (κ3) is 4.56. The fourth-order valence-corrected chi connectivity index (χ4v) is 2.75. The molecular formula is C19H19F3N6O2. The molecule has 158 valence electrons. The number of hydrazone groups is 1. The van der Waals surface area contributed by atoms with Crippen LogP contribution in [0, 0.1) is 5.92 Å². The average Bonchev–Trinajstić information content (AvgIpc) is 3.12. The molecule has 2 aromatic heterocycles. The molecule has 8 nitrogen and oxygen atoms in total. The lowest BCUT2D eigenvalue weighted by molar-refractivity contribution is -0.144. The van der Waals surface area contributed by atoms with Crippen LogP contribution < -0.4 is 11.0 Å². The van der Waals surface area contributed by atoms with E-state index < -0.39 is 34.8 Å². The van der Waals surface area contributed by atoms with Gasteiger partial charge in [0.05, 0.1) is 5.71 Å². The highest BCUT2D eigenvalue weighted by atomic mass is 19.4. The molecule has 0 aliphatic carbocycles. The first kappa shape index (κ1) is 21.2. The van der Waals surface area contributed by atoms with Crippen molar-refractivity contribution >= 4 is 17.4 Å². The van der Waals surface area contributed by atoms with Crippen molar-refractivity contribution in [3.8, 4) is 0 Å². The minimum Gasteiger partial charge on any atom is -0.267 e. The van der Waals surface area contributed by atoms with E-state index in [4.69, 9.17) is 0 Å². The van der Waals surface area contributed by atoms with Crippen LogP contribution in [0.4, 0.5) is 13.2 Å². The zero-order valence-corrected chi connectivity index (χ0v) is 16.4. The van der Waals surface area contributed by atoms with Crippen LogP contribution in [0.1, 0.15) is 48.1 Å². The van der Waals surface area contributed by atoms with Crippen LogP contribution in [0.2, 0.25) is 0 Å². The summed E-state index contributed by atoms with van der Waals surface area (Å²) in [6.45, 7) is 5.92. The largest absolute Gasteiger partial charge is 0.451 e. The summed E-state index contributed by atoms with van der Waals surface area (Å²) in [4.78, 5) is 31.4. The van der Waals surface area contributed by atoms with Crippen LogP contribution in [0.25, 0.3) is 5.78 Å². The van der Waals surface area contributed by atoms with Gasteiger partial charge in [0.2, 0.25) is 5.82 Å². The first-order valence-electron chi connectivity index (χ1n) is 9.05. The molecule has 0 atom stereocenters. The number of hydrogen-bond donors (Lipinski definition) is 2. The Morgan fingerprint density at radius 2 is 1.93 bits per heavy atom. The molecule has 2 N–H and O–H groups in total. The summed E-state index contributed by atoms with van der Waals surface area (Å²) in [5.74, 6) is -2.26. The highest BCUT2D eigenvalue weighted by Crippen LogP contribution is 2.25. The number of aromatic amines is 1. The van der Waals surface area contributed by atoms with Crippen molar-refractivity contribution in [2.45, 2.75) is 33.4 Å². The first-order valence-corrected chi connectivity index (χ1v) is 9.05. The number of carbonyl (C=O) groups is 1. The number of halogens is 3. The zero-order chi connectivity index (χ0) is 22.1. The maximum Gasteiger partial charge on any atom is 0.451 e. The van der Waals surface area contributed by atoms with Gasteiger partial charge in [-0.25, -0.2) is 10.4 Å². The lowest BCUT2D eigenvalue weighted by Gasteiger charge is -2.07. The maximum absolute atomic E-state index is 12.7. The van der Waals surface area contributed by atoms with E-state index in [9.17, 15) is 22.8 Å². The molecule has 0 aliphatic rings. The Bertz CT molecular complexity index is 1160. The molecule has 2 heterocycles. The van der Waals surface area contributed by atoms with Crippen molar-refractivity contribution in [3.05, 3.63) is 63.3 Å². The molecular weight excluding hydrogens is 401 g/mol. The molecule has 3 rings (SSSR count). The highest BCUT2D eigenvalue weighted by molar-refractivity contribution is 6.00. The Hall–Kier alpha value is -3.50. The number of aromatic nitrogens is 4. The van der Waals surface area contributed by atoms with E-state index in [-0.39, 0.29) is 0 Å². The predicted molar refractivity (Wildman–Crippen MR) is 103 cm³/mol. The quantitative estimate of drug-likeness (QED) is 0.489. The molecule has 0 spiro atoms. The number of amides is 1. The van der Waals surface area contributed by atoms with Gasteiger partial charge in [0.15, 0.2) is 0 Å². The number of benzene rings is 1. The van der Waals surface area contributed by atoms with Gasteiger partial charge in [-0.3, -0.25) is 14.7 Å². The number of nitrogens with one attached hydrogen (secondary N) is 2. The molecule has 0 saturated heterocycles. The topological polar surface area (TPSA) is 105 Å². The molecule has 0 radical (unpaired) electrons. The van der Waals surface area contributed by atoms with Gasteiger partial charge < -0.3 is 0 Å². The highest BCUT2D eigenvalue weighted by Gasteiger charge is 2.35. The molecule has 3 aromatic rings. The van der Waals surface area contributed by atoms with E-state index in [2.05, 4.69) is 34.3 Å². The third-order valence-electron chi connectivity index (χ3n) is 4.23. The fourth-order valence-electron chi connectivity index (χ4n) is 2.75. The molecule has 1 amide bonds. The smallest absolute Gasteiger partial charge is 0.267 e. The van der Waals surface area contributed by atoms with Gasteiger partial charge in [0.25, 0.3) is 17.2 Å². The predicted octanol–water partition coefficient (Wildman–Crippen LogP) is 2.79. The molecule has 0 fully saturated rings. The van der Waals surface area contributed by atoms with E-state index in [0.29, 0.717) is 16.1 Å². The number of nitrogens with zero attached hydrogens (tertiary/aromatic N) is 4. The number of hydrogen-bond acceptors (Lipinski definition) is 5. The van der Waals surface area contributed by atoms with Crippen molar-refractivity contribution in [2.24, 2.45) is 11.0 Å². The Morgan fingerprint density at radius 1 is 1.27 bits per heavy atom. The van der Waals surface area contributed by atoms with E-state index in [0.717, 1.165) is 18.2 Å². The zero-order valence-electron chi connectivity index (χ0n) is 16.4. The van der Waals surface area contributed by atoms with Crippen molar-refractivity contribution in [3.63, 3.8) is 0 Å². The Balaban J connectivity index is 1.79. The number of alkyl halides is 3. The lowest BCUT2D eigenvalue weighted by atomic mass is 10.0. The summed E-state index contributed by atoms with van der Waals surface area (Å²) in [7, 11) is 0. The van der Waals surface area contributed by atoms with E-state index >= 15 is 0 Å². The van der Waals surface area contributed by atoms with E-state index in [1.165, 1.54) is 5.56 Å². The number of carbonyl (C=O) groups excluding carboxylic acids is 1. The standard InChI is InChI=1S/C19H19F3N6O2/c1-10(2)8-12-4-6-13(7-5-12)11(3)25-26-15(29)14-9-23-18-24-17(19(20,21)22)27-28(18)16(14)30/h4-7,9-10H,8H2,1-3H3,(H,26,29)(H,23,24,27)/b25-11-. The normalized spacial score (nSPS) is 12.6. The van der Waals surface area contributed by atoms with Crippen LogP contribution in [-0.2, 0) is 12.6 Å². The molecule has 30 heavy (non-hydrogen) atoms. The second-order valence-electron chi connectivity index (χ2n) is 7.12. The number of rotatable bonds is 5. The van der Waals surface area contributed by atoms with Crippen LogP contribution >= 0.6 is 0 Å². The van der Waals surface area contributed by atoms with Crippen LogP contribution in [0.5, 0.6) is 0 Å². The Labute approximate surface area is 168 Å². The molecule has 0 aliphatic heterocycles. The minimum absolute atomic E-state index is 0.460. The first-order chi connectivity index (χ1) is 14.1. The SMILES string of the molecule is C/C(=N/NC(=O)c1cnc2nc(C(F)(F)F)[nH]n2c1=O)c1ccc(CC(C)C)cc1. The summed E-state index contributed by atoms with van der Waals surface area (Å²) in [5, 5.41) is 5.76. The fraction of sp³-hybridized carbons (Fsp3) is 0.316. The third-order valence-corrected chi connectivity index (χ3v) is 4.23. The maximum atomic E-state index is 12.7. The van der Waals surface area contributed by atoms with E-state index in [1.807, 2.05) is 24.3 Å². The minimum atomic E-state index is -4.78. The van der Waals surface area contributed by atoms with Crippen molar-refractivity contribution in [1.82, 2.24) is 25.0 Å².